The van der Waals surface area contributed by atoms with Crippen LogP contribution in [-0.4, -0.2) is 61.6 Å². The zero-order valence-electron chi connectivity index (χ0n) is 8.52. The van der Waals surface area contributed by atoms with E-state index in [1.807, 2.05) is 4.90 Å². The second-order valence-corrected chi connectivity index (χ2v) is 4.08. The third kappa shape index (κ3) is 2.45. The normalized spacial score (nSPS) is 29.4. The first-order valence-corrected chi connectivity index (χ1v) is 5.42. The minimum Gasteiger partial charge on any atom is -0.377 e. The zero-order chi connectivity index (χ0) is 9.80. The summed E-state index contributed by atoms with van der Waals surface area (Å²) in [5, 5.41) is 0. The minimum absolute atomic E-state index is 0.442. The van der Waals surface area contributed by atoms with Gasteiger partial charge >= 0.3 is 0 Å². The van der Waals surface area contributed by atoms with Crippen molar-refractivity contribution in [2.75, 3.05) is 39.3 Å². The van der Waals surface area contributed by atoms with Crippen molar-refractivity contribution in [3.05, 3.63) is 0 Å². The molecule has 0 saturated carbocycles. The molecule has 1 atom stereocenters. The second kappa shape index (κ2) is 4.75. The van der Waals surface area contributed by atoms with Crippen molar-refractivity contribution in [2.24, 2.45) is 0 Å². The Kier molecular flexibility index (Phi) is 3.37. The van der Waals surface area contributed by atoms with Crippen molar-refractivity contribution in [3.63, 3.8) is 0 Å². The van der Waals surface area contributed by atoms with E-state index in [-0.39, 0.29) is 0 Å². The third-order valence-electron chi connectivity index (χ3n) is 3.04. The number of hydrogen-bond acceptors (Lipinski definition) is 3. The first kappa shape index (κ1) is 9.93. The number of carbonyl (C=O) groups excluding carboxylic acids is 1. The fourth-order valence-electron chi connectivity index (χ4n) is 2.13. The Morgan fingerprint density at radius 3 is 2.64 bits per heavy atom. The van der Waals surface area contributed by atoms with Crippen molar-refractivity contribution in [1.29, 1.82) is 0 Å². The molecule has 4 heteroatoms. The van der Waals surface area contributed by atoms with Crippen molar-refractivity contribution in [3.8, 4) is 0 Å². The summed E-state index contributed by atoms with van der Waals surface area (Å²) in [6.07, 6.45) is 3.80. The molecule has 4 nitrogen and oxygen atoms in total. The highest BCUT2D eigenvalue weighted by Crippen LogP contribution is 2.14. The largest absolute Gasteiger partial charge is 0.377 e. The van der Waals surface area contributed by atoms with Crippen LogP contribution in [0.25, 0.3) is 0 Å². The maximum Gasteiger partial charge on any atom is 0.209 e. The molecule has 2 fully saturated rings. The molecule has 0 radical (unpaired) electrons. The number of hydrogen-bond donors (Lipinski definition) is 0. The molecule has 0 aromatic carbocycles. The van der Waals surface area contributed by atoms with Gasteiger partial charge in [0.15, 0.2) is 0 Å². The molecule has 0 aromatic rings. The van der Waals surface area contributed by atoms with E-state index in [4.69, 9.17) is 4.74 Å². The first-order valence-electron chi connectivity index (χ1n) is 5.42. The molecule has 0 N–H and O–H groups in total. The average molecular weight is 198 g/mol. The van der Waals surface area contributed by atoms with Gasteiger partial charge in [-0.3, -0.25) is 9.69 Å². The molecule has 0 spiro atoms. The van der Waals surface area contributed by atoms with Crippen molar-refractivity contribution >= 4 is 6.41 Å². The first-order chi connectivity index (χ1) is 6.88. The highest BCUT2D eigenvalue weighted by atomic mass is 16.5. The maximum absolute atomic E-state index is 10.5. The molecule has 1 unspecified atom stereocenters. The van der Waals surface area contributed by atoms with Crippen LogP contribution in [0, 0.1) is 0 Å². The molecular weight excluding hydrogens is 180 g/mol. The van der Waals surface area contributed by atoms with Gasteiger partial charge in [-0.25, -0.2) is 0 Å². The van der Waals surface area contributed by atoms with E-state index in [0.717, 1.165) is 45.7 Å². The van der Waals surface area contributed by atoms with Gasteiger partial charge < -0.3 is 9.64 Å². The van der Waals surface area contributed by atoms with Gasteiger partial charge in [0.2, 0.25) is 6.41 Å². The van der Waals surface area contributed by atoms with E-state index in [2.05, 4.69) is 4.90 Å². The van der Waals surface area contributed by atoms with Crippen LogP contribution in [0.3, 0.4) is 0 Å². The lowest BCUT2D eigenvalue weighted by Gasteiger charge is -2.33. The molecule has 2 heterocycles. The van der Waals surface area contributed by atoms with E-state index >= 15 is 0 Å². The maximum atomic E-state index is 10.5. The fraction of sp³-hybridized carbons (Fsp3) is 0.900. The SMILES string of the molecule is O=CN1CCN(CC2CCCO2)CC1. The molecule has 80 valence electrons. The van der Waals surface area contributed by atoms with Crippen LogP contribution in [0.1, 0.15) is 12.8 Å². The predicted octanol–water partition coefficient (Wildman–Crippen LogP) is -0.0606. The Bertz CT molecular complexity index is 185. The molecular formula is C10H18N2O2. The number of ether oxygens (including phenoxy) is 1. The second-order valence-electron chi connectivity index (χ2n) is 4.08. The van der Waals surface area contributed by atoms with Crippen LogP contribution in [0.15, 0.2) is 0 Å². The van der Waals surface area contributed by atoms with Gasteiger partial charge in [0.25, 0.3) is 0 Å². The molecule has 2 aliphatic rings. The van der Waals surface area contributed by atoms with Gasteiger partial charge in [-0.1, -0.05) is 0 Å². The number of nitrogens with zero attached hydrogens (tertiary/aromatic N) is 2. The van der Waals surface area contributed by atoms with Gasteiger partial charge in [-0.05, 0) is 12.8 Å². The molecule has 0 bridgehead atoms. The van der Waals surface area contributed by atoms with Gasteiger partial charge in [0, 0.05) is 39.3 Å². The smallest absolute Gasteiger partial charge is 0.209 e. The lowest BCUT2D eigenvalue weighted by atomic mass is 10.2. The molecule has 0 aliphatic carbocycles. The van der Waals surface area contributed by atoms with Gasteiger partial charge in [-0.2, -0.15) is 0 Å². The van der Waals surface area contributed by atoms with Crippen LogP contribution < -0.4 is 0 Å². The van der Waals surface area contributed by atoms with Crippen LogP contribution in [0.4, 0.5) is 0 Å². The highest BCUT2D eigenvalue weighted by Gasteiger charge is 2.21. The van der Waals surface area contributed by atoms with Crippen molar-refractivity contribution in [2.45, 2.75) is 18.9 Å². The topological polar surface area (TPSA) is 32.8 Å². The monoisotopic (exact) mass is 198 g/mol. The fourth-order valence-corrected chi connectivity index (χ4v) is 2.13. The molecule has 2 saturated heterocycles. The Morgan fingerprint density at radius 1 is 1.29 bits per heavy atom. The van der Waals surface area contributed by atoms with E-state index in [0.29, 0.717) is 6.10 Å². The van der Waals surface area contributed by atoms with Crippen molar-refractivity contribution < 1.29 is 9.53 Å². The summed E-state index contributed by atoms with van der Waals surface area (Å²) in [7, 11) is 0. The lowest BCUT2D eigenvalue weighted by molar-refractivity contribution is -0.119. The van der Waals surface area contributed by atoms with Crippen LogP contribution in [0.5, 0.6) is 0 Å². The molecule has 1 amide bonds. The van der Waals surface area contributed by atoms with E-state index < -0.39 is 0 Å². The van der Waals surface area contributed by atoms with Crippen LogP contribution in [-0.2, 0) is 9.53 Å². The summed E-state index contributed by atoms with van der Waals surface area (Å²) in [5.74, 6) is 0. The number of rotatable bonds is 3. The third-order valence-corrected chi connectivity index (χ3v) is 3.04. The number of carbonyl (C=O) groups is 1. The molecule has 2 rings (SSSR count). The summed E-state index contributed by atoms with van der Waals surface area (Å²) >= 11 is 0. The Labute approximate surface area is 84.8 Å². The summed E-state index contributed by atoms with van der Waals surface area (Å²) in [5.41, 5.74) is 0. The summed E-state index contributed by atoms with van der Waals surface area (Å²) in [4.78, 5) is 14.7. The molecule has 2 aliphatic heterocycles. The van der Waals surface area contributed by atoms with E-state index in [1.165, 1.54) is 12.8 Å². The highest BCUT2D eigenvalue weighted by molar-refractivity contribution is 5.47. The zero-order valence-corrected chi connectivity index (χ0v) is 8.52. The van der Waals surface area contributed by atoms with Crippen molar-refractivity contribution in [1.82, 2.24) is 9.80 Å². The quantitative estimate of drug-likeness (QED) is 0.596. The van der Waals surface area contributed by atoms with E-state index in [1.54, 1.807) is 0 Å². The Morgan fingerprint density at radius 2 is 2.07 bits per heavy atom. The van der Waals surface area contributed by atoms with Crippen LogP contribution >= 0.6 is 0 Å². The molecule has 0 aromatic heterocycles. The minimum atomic E-state index is 0.442. The van der Waals surface area contributed by atoms with Gasteiger partial charge in [0.05, 0.1) is 6.10 Å². The Hall–Kier alpha value is -0.610. The summed E-state index contributed by atoms with van der Waals surface area (Å²) in [6.45, 7) is 5.72. The average Bonchev–Trinajstić information content (AvgIpc) is 2.72. The molecule has 14 heavy (non-hydrogen) atoms. The summed E-state index contributed by atoms with van der Waals surface area (Å²) < 4.78 is 5.58. The predicted molar refractivity (Wildman–Crippen MR) is 53.1 cm³/mol. The number of amides is 1. The lowest BCUT2D eigenvalue weighted by Crippen LogP contribution is -2.47. The summed E-state index contributed by atoms with van der Waals surface area (Å²) in [6, 6.07) is 0. The van der Waals surface area contributed by atoms with Gasteiger partial charge in [-0.15, -0.1) is 0 Å². The van der Waals surface area contributed by atoms with E-state index in [9.17, 15) is 4.79 Å². The van der Waals surface area contributed by atoms with Gasteiger partial charge in [0.1, 0.15) is 0 Å². The van der Waals surface area contributed by atoms with Crippen LogP contribution in [0.2, 0.25) is 0 Å². The number of piperazine rings is 1. The standard InChI is InChI=1S/C10H18N2O2/c13-9-12-5-3-11(4-6-12)8-10-2-1-7-14-10/h9-10H,1-8H2. The Balaban J connectivity index is 1.69.